The van der Waals surface area contributed by atoms with Gasteiger partial charge in [-0.2, -0.15) is 10.1 Å². The van der Waals surface area contributed by atoms with Crippen LogP contribution < -0.4 is 21.0 Å². The zero-order valence-corrected chi connectivity index (χ0v) is 49.6. The number of barbiturate groups is 1. The minimum absolute atomic E-state index is 0. The first-order chi connectivity index (χ1) is 43.3. The quantitative estimate of drug-likeness (QED) is 0.0393. The molecule has 2 saturated heterocycles. The monoisotopic (exact) mass is 1300 g/mol. The van der Waals surface area contributed by atoms with Crippen molar-refractivity contribution in [1.29, 1.82) is 0 Å². The smallest absolute Gasteiger partial charge is 0.337 e. The van der Waals surface area contributed by atoms with Crippen LogP contribution >= 0.6 is 35.0 Å². The highest BCUT2D eigenvalue weighted by Crippen LogP contribution is 2.36. The summed E-state index contributed by atoms with van der Waals surface area (Å²) in [5, 5.41) is 48.5. The molecule has 5 aromatic carbocycles. The van der Waals surface area contributed by atoms with E-state index in [1.165, 1.54) is 84.9 Å². The number of halogens is 2. The molecule has 0 spiro atoms. The molecule has 0 bridgehead atoms. The summed E-state index contributed by atoms with van der Waals surface area (Å²) in [5.74, 6) is -5.68. The molecule has 0 radical (unpaired) electrons. The normalized spacial score (nSPS) is 14.4. The average Bonchev–Trinajstić information content (AvgIpc) is 1.66. The summed E-state index contributed by atoms with van der Waals surface area (Å²) >= 11 is 12.7. The van der Waals surface area contributed by atoms with Crippen LogP contribution in [0.15, 0.2) is 174 Å². The zero-order valence-electron chi connectivity index (χ0n) is 47.2. The van der Waals surface area contributed by atoms with E-state index in [9.17, 15) is 68.1 Å². The second kappa shape index (κ2) is 28.2. The highest BCUT2D eigenvalue weighted by atomic mass is 35.5. The number of nitrogens with zero attached hydrogens (tertiary/aromatic N) is 3. The number of carboxylic acids is 4. The standard InChI is InChI=1S/C25H20N2O6S.C23H15ClN2O6.C16H9ClN2O6.CH4/c1-14-3-7-17(8-4-14)26-22(28)13-27-23(29)21(34-25(27)32)12-18-9-10-20(33-18)19-11-16(24(30)31)6-5-15(19)2;1-12-17(21(27)26(25-12)15-4-2-3-14(9-15)22(28)29)11-16-6-8-20(32-16)13-5-7-19(24)18(10-13)23(30)31;17-11-3-1-7(15(22)23)5-9(11)12-4-2-8(25-12)6-10-13(20)18-16(24)19-14(10)21;/h3-12H,13H2,1-2H3,(H,26,28)(H,30,31);2-11H,1H3,(H,28,29)(H,30,31);1-6H,(H,22,23)(H2,18,19,20,21,24);1H4/b21-12-;17-11+;;. The van der Waals surface area contributed by atoms with Gasteiger partial charge in [-0.05, 0) is 166 Å². The lowest BCUT2D eigenvalue weighted by molar-refractivity contribution is -0.127. The highest BCUT2D eigenvalue weighted by molar-refractivity contribution is 8.18. The van der Waals surface area contributed by atoms with Crippen molar-refractivity contribution in [3.05, 3.63) is 216 Å². The van der Waals surface area contributed by atoms with Crippen LogP contribution in [-0.2, 0) is 24.0 Å². The molecule has 8 aromatic rings. The van der Waals surface area contributed by atoms with Crippen molar-refractivity contribution in [3.8, 4) is 34.0 Å². The van der Waals surface area contributed by atoms with E-state index in [0.29, 0.717) is 56.8 Å². The molecule has 11 rings (SSSR count). The largest absolute Gasteiger partial charge is 0.478 e. The SMILES string of the molecule is C.CC1=NN(c2cccc(C(=O)O)c2)C(=O)/C1=C/c1ccc(-c2ccc(Cl)c(C(=O)O)c2)o1.Cc1ccc(NC(=O)CN2C(=O)S/C(=C\c3ccc(-c4cc(C(=O)O)ccc4C)o3)C2=O)cc1.O=C1NC(=O)C(=Cc2ccc(-c3cc(C(=O)O)ccc3Cl)o2)C(=O)N1. The van der Waals surface area contributed by atoms with Gasteiger partial charge in [0.1, 0.15) is 46.7 Å². The van der Waals surface area contributed by atoms with Gasteiger partial charge in [-0.25, -0.2) is 24.0 Å². The van der Waals surface area contributed by atoms with Gasteiger partial charge in [0.15, 0.2) is 0 Å². The van der Waals surface area contributed by atoms with E-state index in [1.807, 2.05) is 36.6 Å². The van der Waals surface area contributed by atoms with Gasteiger partial charge >= 0.3 is 29.9 Å². The molecule has 3 aliphatic heterocycles. The van der Waals surface area contributed by atoms with Crippen LogP contribution in [0.25, 0.3) is 52.2 Å². The average molecular weight is 1300 g/mol. The maximum atomic E-state index is 12.9. The molecule has 27 heteroatoms. The summed E-state index contributed by atoms with van der Waals surface area (Å²) in [7, 11) is 0. The number of aryl methyl sites for hydroxylation is 2. The van der Waals surface area contributed by atoms with Crippen molar-refractivity contribution in [1.82, 2.24) is 15.5 Å². The van der Waals surface area contributed by atoms with E-state index >= 15 is 0 Å². The Kier molecular flexibility index (Phi) is 20.3. The number of imide groups is 3. The van der Waals surface area contributed by atoms with Crippen LogP contribution in [0.1, 0.15) is 84.2 Å². The minimum Gasteiger partial charge on any atom is -0.478 e. The van der Waals surface area contributed by atoms with Crippen molar-refractivity contribution < 1.29 is 86.4 Å². The molecule has 24 nitrogen and oxygen atoms in total. The number of benzene rings is 5. The summed E-state index contributed by atoms with van der Waals surface area (Å²) < 4.78 is 17.1. The fraction of sp³-hybridized carbons (Fsp3) is 0.0769. The molecule has 0 unspecified atom stereocenters. The van der Waals surface area contributed by atoms with Crippen LogP contribution in [0.2, 0.25) is 10.0 Å². The number of hydrogen-bond donors (Lipinski definition) is 7. The van der Waals surface area contributed by atoms with Gasteiger partial charge < -0.3 is 39.0 Å². The topological polar surface area (TPSA) is 363 Å². The van der Waals surface area contributed by atoms with Gasteiger partial charge in [0, 0.05) is 28.5 Å². The predicted octanol–water partition coefficient (Wildman–Crippen LogP) is 12.4. The van der Waals surface area contributed by atoms with E-state index in [2.05, 4.69) is 10.4 Å². The maximum absolute atomic E-state index is 12.9. The number of carboxylic acid groups (broad SMARTS) is 4. The summed E-state index contributed by atoms with van der Waals surface area (Å²) in [6.45, 7) is 5.01. The number of hydrogen-bond acceptors (Lipinski definition) is 16. The first-order valence-corrected chi connectivity index (χ1v) is 28.0. The third kappa shape index (κ3) is 15.4. The van der Waals surface area contributed by atoms with E-state index in [4.69, 9.17) is 41.6 Å². The van der Waals surface area contributed by atoms with Crippen LogP contribution in [0.3, 0.4) is 0 Å². The number of carbonyl (C=O) groups is 11. The van der Waals surface area contributed by atoms with Crippen LogP contribution in [0, 0.1) is 13.8 Å². The third-order valence-electron chi connectivity index (χ3n) is 13.3. The number of thioether (sulfide) groups is 1. The summed E-state index contributed by atoms with van der Waals surface area (Å²) in [4.78, 5) is 131. The van der Waals surface area contributed by atoms with Crippen LogP contribution in [-0.4, -0.2) is 102 Å². The molecule has 2 fully saturated rings. The Morgan fingerprint density at radius 3 is 1.74 bits per heavy atom. The third-order valence-corrected chi connectivity index (χ3v) is 14.9. The minimum atomic E-state index is -1.15. The number of hydrazone groups is 1. The molecular formula is C65H48Cl2N6O18S. The Hall–Kier alpha value is -11.7. The lowest BCUT2D eigenvalue weighted by Crippen LogP contribution is -2.51. The number of anilines is 2. The van der Waals surface area contributed by atoms with Crippen molar-refractivity contribution in [2.45, 2.75) is 28.2 Å². The lowest BCUT2D eigenvalue weighted by Gasteiger charge is -2.13. The van der Waals surface area contributed by atoms with Gasteiger partial charge in [-0.1, -0.05) is 60.5 Å². The molecule has 0 saturated carbocycles. The Balaban J connectivity index is 0.000000179. The molecule has 3 aliphatic rings. The van der Waals surface area contributed by atoms with E-state index in [1.54, 1.807) is 61.5 Å². The highest BCUT2D eigenvalue weighted by Gasteiger charge is 2.37. The molecule has 6 heterocycles. The second-order valence-corrected chi connectivity index (χ2v) is 21.4. The van der Waals surface area contributed by atoms with Gasteiger partial charge in [0.2, 0.25) is 5.91 Å². The van der Waals surface area contributed by atoms with Gasteiger partial charge in [-0.15, -0.1) is 0 Å². The van der Waals surface area contributed by atoms with E-state index in [0.717, 1.165) is 38.9 Å². The fourth-order valence-electron chi connectivity index (χ4n) is 8.71. The summed E-state index contributed by atoms with van der Waals surface area (Å²) in [5.41, 5.74) is 4.83. The summed E-state index contributed by atoms with van der Waals surface area (Å²) in [6, 6.07) is 35.1. The molecule has 3 aromatic heterocycles. The Bertz CT molecular complexity index is 4510. The summed E-state index contributed by atoms with van der Waals surface area (Å²) in [6.07, 6.45) is 4.12. The Morgan fingerprint density at radius 2 is 1.12 bits per heavy atom. The zero-order chi connectivity index (χ0) is 65.5. The molecule has 466 valence electrons. The molecule has 8 amide bonds. The molecule has 7 N–H and O–H groups in total. The number of carbonyl (C=O) groups excluding carboxylic acids is 7. The predicted molar refractivity (Wildman–Crippen MR) is 339 cm³/mol. The van der Waals surface area contributed by atoms with Crippen LogP contribution in [0.5, 0.6) is 0 Å². The van der Waals surface area contributed by atoms with Gasteiger partial charge in [0.05, 0.1) is 54.2 Å². The maximum Gasteiger partial charge on any atom is 0.337 e. The molecular weight excluding hydrogens is 1260 g/mol. The number of furan rings is 3. The van der Waals surface area contributed by atoms with E-state index < -0.39 is 71.2 Å². The number of nitrogens with one attached hydrogen (secondary N) is 3. The molecule has 92 heavy (non-hydrogen) atoms. The number of rotatable bonds is 14. The molecule has 0 aliphatic carbocycles. The van der Waals surface area contributed by atoms with Crippen molar-refractivity contribution in [2.75, 3.05) is 16.9 Å². The van der Waals surface area contributed by atoms with E-state index in [-0.39, 0.29) is 67.3 Å². The van der Waals surface area contributed by atoms with Crippen LogP contribution in [0.4, 0.5) is 21.0 Å². The first-order valence-electron chi connectivity index (χ1n) is 26.5. The second-order valence-electron chi connectivity index (χ2n) is 19.6. The first kappa shape index (κ1) is 66.3. The van der Waals surface area contributed by atoms with Gasteiger partial charge in [0.25, 0.3) is 28.9 Å². The van der Waals surface area contributed by atoms with Crippen molar-refractivity contribution >= 4 is 135 Å². The lowest BCUT2D eigenvalue weighted by atomic mass is 10.0. The Morgan fingerprint density at radius 1 is 0.576 bits per heavy atom. The van der Waals surface area contributed by atoms with Crippen molar-refractivity contribution in [2.24, 2.45) is 5.10 Å². The number of urea groups is 1. The van der Waals surface area contributed by atoms with Gasteiger partial charge in [-0.3, -0.25) is 44.3 Å². The number of aromatic carboxylic acids is 4. The Labute approximate surface area is 534 Å². The fourth-order valence-corrected chi connectivity index (χ4v) is 9.94. The van der Waals surface area contributed by atoms with Crippen molar-refractivity contribution in [3.63, 3.8) is 0 Å². The number of amides is 8. The molecule has 0 atom stereocenters.